The van der Waals surface area contributed by atoms with Crippen LogP contribution in [0.4, 0.5) is 20.3 Å². The molecule has 0 atom stereocenters. The third-order valence-corrected chi connectivity index (χ3v) is 6.22. The SMILES string of the molecule is COc1ccc(CN2CCCN(c3ccc(NC(=O)c4cc(F)cc(F)c4)cn3)CC2)c(OC)c1OC. The Morgan fingerprint density at radius 2 is 1.68 bits per heavy atom. The van der Waals surface area contributed by atoms with Crippen LogP contribution in [-0.4, -0.2) is 63.3 Å². The third kappa shape index (κ3) is 6.26. The summed E-state index contributed by atoms with van der Waals surface area (Å²) in [4.78, 5) is 21.4. The zero-order valence-electron chi connectivity index (χ0n) is 21.1. The summed E-state index contributed by atoms with van der Waals surface area (Å²) in [6.45, 7) is 4.04. The summed E-state index contributed by atoms with van der Waals surface area (Å²) in [5.74, 6) is 0.446. The van der Waals surface area contributed by atoms with Crippen LogP contribution in [0.25, 0.3) is 0 Å². The molecule has 0 unspecified atom stereocenters. The number of nitrogens with zero attached hydrogens (tertiary/aromatic N) is 3. The van der Waals surface area contributed by atoms with Gasteiger partial charge in [-0.05, 0) is 36.8 Å². The van der Waals surface area contributed by atoms with Crippen molar-refractivity contribution in [2.75, 3.05) is 57.7 Å². The monoisotopic (exact) mass is 512 g/mol. The lowest BCUT2D eigenvalue weighted by atomic mass is 10.1. The van der Waals surface area contributed by atoms with Gasteiger partial charge in [-0.15, -0.1) is 0 Å². The summed E-state index contributed by atoms with van der Waals surface area (Å²) in [6.07, 6.45) is 2.49. The molecule has 0 saturated carbocycles. The number of halogens is 2. The van der Waals surface area contributed by atoms with Crippen LogP contribution < -0.4 is 24.4 Å². The molecule has 1 aromatic heterocycles. The number of carbonyl (C=O) groups is 1. The van der Waals surface area contributed by atoms with E-state index in [0.29, 0.717) is 29.5 Å². The van der Waals surface area contributed by atoms with Gasteiger partial charge in [0, 0.05) is 49.9 Å². The van der Waals surface area contributed by atoms with Crippen molar-refractivity contribution in [1.29, 1.82) is 0 Å². The number of benzene rings is 2. The van der Waals surface area contributed by atoms with Crippen LogP contribution in [0.15, 0.2) is 48.7 Å². The molecule has 2 heterocycles. The second kappa shape index (κ2) is 11.9. The first-order valence-corrected chi connectivity index (χ1v) is 11.9. The summed E-state index contributed by atoms with van der Waals surface area (Å²) in [7, 11) is 4.82. The molecule has 8 nitrogen and oxygen atoms in total. The van der Waals surface area contributed by atoms with Crippen molar-refractivity contribution in [2.24, 2.45) is 0 Å². The molecule has 37 heavy (non-hydrogen) atoms. The molecule has 1 fully saturated rings. The third-order valence-electron chi connectivity index (χ3n) is 6.22. The predicted molar refractivity (Wildman–Crippen MR) is 137 cm³/mol. The number of hydrogen-bond donors (Lipinski definition) is 1. The highest BCUT2D eigenvalue weighted by Gasteiger charge is 2.21. The van der Waals surface area contributed by atoms with Crippen LogP contribution in [0.5, 0.6) is 17.2 Å². The molecule has 2 aromatic carbocycles. The molecule has 0 aliphatic carbocycles. The van der Waals surface area contributed by atoms with E-state index in [1.165, 1.54) is 0 Å². The minimum absolute atomic E-state index is 0.0969. The molecule has 0 bridgehead atoms. The zero-order valence-corrected chi connectivity index (χ0v) is 21.1. The molecule has 1 aliphatic rings. The highest BCUT2D eigenvalue weighted by molar-refractivity contribution is 6.04. The Balaban J connectivity index is 1.38. The van der Waals surface area contributed by atoms with Gasteiger partial charge >= 0.3 is 0 Å². The van der Waals surface area contributed by atoms with E-state index >= 15 is 0 Å². The second-order valence-corrected chi connectivity index (χ2v) is 8.63. The molecule has 1 saturated heterocycles. The molecule has 196 valence electrons. The number of aromatic nitrogens is 1. The van der Waals surface area contributed by atoms with E-state index in [2.05, 4.69) is 20.1 Å². The molecule has 1 aliphatic heterocycles. The van der Waals surface area contributed by atoms with Gasteiger partial charge in [0.2, 0.25) is 5.75 Å². The lowest BCUT2D eigenvalue weighted by molar-refractivity contribution is 0.102. The quantitative estimate of drug-likeness (QED) is 0.481. The first kappa shape index (κ1) is 26.2. The summed E-state index contributed by atoms with van der Waals surface area (Å²) in [5.41, 5.74) is 1.36. The number of nitrogens with one attached hydrogen (secondary N) is 1. The van der Waals surface area contributed by atoms with Gasteiger partial charge in [-0.1, -0.05) is 6.07 Å². The van der Waals surface area contributed by atoms with E-state index in [1.54, 1.807) is 33.6 Å². The maximum absolute atomic E-state index is 13.4. The van der Waals surface area contributed by atoms with Gasteiger partial charge in [0.05, 0.1) is 33.2 Å². The lowest BCUT2D eigenvalue weighted by Crippen LogP contribution is -2.31. The van der Waals surface area contributed by atoms with Crippen molar-refractivity contribution < 1.29 is 27.8 Å². The first-order chi connectivity index (χ1) is 17.9. The molecule has 1 amide bonds. The van der Waals surface area contributed by atoms with Crippen LogP contribution in [-0.2, 0) is 6.54 Å². The number of ether oxygens (including phenoxy) is 3. The van der Waals surface area contributed by atoms with E-state index in [4.69, 9.17) is 14.2 Å². The minimum atomic E-state index is -0.807. The van der Waals surface area contributed by atoms with Crippen LogP contribution in [0.3, 0.4) is 0 Å². The fraction of sp³-hybridized carbons (Fsp3) is 0.333. The molecule has 4 rings (SSSR count). The average Bonchev–Trinajstić information content (AvgIpc) is 3.13. The highest BCUT2D eigenvalue weighted by Crippen LogP contribution is 2.40. The number of hydrogen-bond acceptors (Lipinski definition) is 7. The van der Waals surface area contributed by atoms with Crippen molar-refractivity contribution in [3.05, 3.63) is 71.4 Å². The van der Waals surface area contributed by atoms with E-state index in [9.17, 15) is 13.6 Å². The van der Waals surface area contributed by atoms with E-state index in [-0.39, 0.29) is 5.56 Å². The topological polar surface area (TPSA) is 76.2 Å². The zero-order chi connectivity index (χ0) is 26.4. The Morgan fingerprint density at radius 1 is 0.919 bits per heavy atom. The standard InChI is InChI=1S/C27H30F2N4O4/c1-35-23-7-5-18(25(36-2)26(23)37-3)17-32-9-4-10-33(12-11-32)24-8-6-22(16-30-24)31-27(34)19-13-20(28)15-21(29)14-19/h5-8,13-16H,4,9-12,17H2,1-3H3,(H,31,34). The van der Waals surface area contributed by atoms with Gasteiger partial charge in [0.1, 0.15) is 17.5 Å². The summed E-state index contributed by atoms with van der Waals surface area (Å²) < 4.78 is 43.4. The van der Waals surface area contributed by atoms with Crippen molar-refractivity contribution in [2.45, 2.75) is 13.0 Å². The van der Waals surface area contributed by atoms with E-state index < -0.39 is 17.5 Å². The fourth-order valence-electron chi connectivity index (χ4n) is 4.42. The van der Waals surface area contributed by atoms with Crippen LogP contribution in [0.2, 0.25) is 0 Å². The van der Waals surface area contributed by atoms with Crippen molar-refractivity contribution >= 4 is 17.4 Å². The number of carbonyl (C=O) groups excluding carboxylic acids is 1. The Kier molecular flexibility index (Phi) is 8.39. The predicted octanol–water partition coefficient (Wildman–Crippen LogP) is 4.35. The average molecular weight is 513 g/mol. The number of anilines is 2. The normalized spacial score (nSPS) is 14.1. The maximum atomic E-state index is 13.4. The van der Waals surface area contributed by atoms with Gasteiger partial charge in [0.25, 0.3) is 5.91 Å². The van der Waals surface area contributed by atoms with Gasteiger partial charge < -0.3 is 24.4 Å². The molecule has 0 radical (unpaired) electrons. The Bertz CT molecular complexity index is 1220. The largest absolute Gasteiger partial charge is 0.493 e. The van der Waals surface area contributed by atoms with Gasteiger partial charge in [-0.25, -0.2) is 13.8 Å². The van der Waals surface area contributed by atoms with Crippen molar-refractivity contribution in [3.8, 4) is 17.2 Å². The highest BCUT2D eigenvalue weighted by atomic mass is 19.1. The molecular formula is C27H30F2N4O4. The minimum Gasteiger partial charge on any atom is -0.493 e. The Hall–Kier alpha value is -3.92. The second-order valence-electron chi connectivity index (χ2n) is 8.63. The molecular weight excluding hydrogens is 482 g/mol. The summed E-state index contributed by atoms with van der Waals surface area (Å²) in [6, 6.07) is 10.1. The smallest absolute Gasteiger partial charge is 0.255 e. The fourth-order valence-corrected chi connectivity index (χ4v) is 4.42. The lowest BCUT2D eigenvalue weighted by Gasteiger charge is -2.24. The van der Waals surface area contributed by atoms with Crippen LogP contribution >= 0.6 is 0 Å². The Labute approximate surface area is 214 Å². The first-order valence-electron chi connectivity index (χ1n) is 11.9. The van der Waals surface area contributed by atoms with Crippen LogP contribution in [0.1, 0.15) is 22.3 Å². The molecule has 10 heteroatoms. The summed E-state index contributed by atoms with van der Waals surface area (Å²) in [5, 5.41) is 2.63. The van der Waals surface area contributed by atoms with E-state index in [0.717, 1.165) is 62.2 Å². The van der Waals surface area contributed by atoms with Crippen molar-refractivity contribution in [3.63, 3.8) is 0 Å². The molecule has 1 N–H and O–H groups in total. The van der Waals surface area contributed by atoms with Crippen LogP contribution in [0, 0.1) is 11.6 Å². The van der Waals surface area contributed by atoms with Crippen molar-refractivity contribution in [1.82, 2.24) is 9.88 Å². The van der Waals surface area contributed by atoms with Gasteiger partial charge in [-0.2, -0.15) is 0 Å². The Morgan fingerprint density at radius 3 is 2.32 bits per heavy atom. The van der Waals surface area contributed by atoms with Gasteiger partial charge in [-0.3, -0.25) is 9.69 Å². The molecule has 0 spiro atoms. The van der Waals surface area contributed by atoms with E-state index in [1.807, 2.05) is 18.2 Å². The number of pyridine rings is 1. The number of rotatable bonds is 8. The van der Waals surface area contributed by atoms with Gasteiger partial charge in [0.15, 0.2) is 11.5 Å². The molecule has 3 aromatic rings. The maximum Gasteiger partial charge on any atom is 0.255 e. The summed E-state index contributed by atoms with van der Waals surface area (Å²) >= 11 is 0. The number of methoxy groups -OCH3 is 3. The number of amides is 1.